The van der Waals surface area contributed by atoms with Crippen LogP contribution in [0, 0.1) is 0 Å². The second-order valence-corrected chi connectivity index (χ2v) is 4.91. The summed E-state index contributed by atoms with van der Waals surface area (Å²) in [5.41, 5.74) is 2.70. The number of ether oxygens (including phenoxy) is 1. The molecule has 0 aliphatic carbocycles. The Bertz CT molecular complexity index is 739. The van der Waals surface area contributed by atoms with Crippen molar-refractivity contribution in [3.05, 3.63) is 58.4 Å². The zero-order chi connectivity index (χ0) is 17.2. The molecule has 1 N–H and O–H groups in total. The van der Waals surface area contributed by atoms with Crippen LogP contribution in [0.4, 0.5) is 0 Å². The Labute approximate surface area is 138 Å². The summed E-state index contributed by atoms with van der Waals surface area (Å²) in [6, 6.07) is 7.11. The first kappa shape index (κ1) is 18.8. The standard InChI is InChI=1S/C18H21NO2.C2H6/c1-4-6-8-13(7-5-2)16-12-18(20)15-10-9-14(21-3)11-17(15)19-16;1-2/h5,7-12H,4,6H2,1-3H3,(H,19,20);1-2H3/b7-5-,13-8+;. The first-order valence-corrected chi connectivity index (χ1v) is 8.24. The van der Waals surface area contributed by atoms with Gasteiger partial charge in [0.15, 0.2) is 5.43 Å². The van der Waals surface area contributed by atoms with Gasteiger partial charge in [-0.2, -0.15) is 0 Å². The summed E-state index contributed by atoms with van der Waals surface area (Å²) >= 11 is 0. The molecule has 1 aromatic carbocycles. The minimum Gasteiger partial charge on any atom is -0.497 e. The Balaban J connectivity index is 0.00000127. The number of methoxy groups -OCH3 is 1. The first-order valence-electron chi connectivity index (χ1n) is 8.24. The van der Waals surface area contributed by atoms with Crippen LogP contribution in [0.2, 0.25) is 0 Å². The van der Waals surface area contributed by atoms with Crippen molar-refractivity contribution in [3.8, 4) is 5.75 Å². The van der Waals surface area contributed by atoms with Crippen LogP contribution in [0.1, 0.15) is 46.2 Å². The minimum absolute atomic E-state index is 0.0216. The number of aromatic nitrogens is 1. The molecule has 0 atom stereocenters. The van der Waals surface area contributed by atoms with E-state index in [1.165, 1.54) is 0 Å². The number of H-pyrrole nitrogens is 1. The molecule has 0 bridgehead atoms. The third-order valence-corrected chi connectivity index (χ3v) is 3.35. The van der Waals surface area contributed by atoms with Gasteiger partial charge in [0.25, 0.3) is 0 Å². The van der Waals surface area contributed by atoms with Gasteiger partial charge in [-0.05, 0) is 31.1 Å². The maximum atomic E-state index is 12.3. The minimum atomic E-state index is 0.0216. The van der Waals surface area contributed by atoms with Gasteiger partial charge in [-0.25, -0.2) is 0 Å². The fourth-order valence-electron chi connectivity index (χ4n) is 2.26. The van der Waals surface area contributed by atoms with Crippen molar-refractivity contribution in [2.24, 2.45) is 0 Å². The molecule has 0 aliphatic rings. The fourth-order valence-corrected chi connectivity index (χ4v) is 2.26. The molecule has 0 aliphatic heterocycles. The topological polar surface area (TPSA) is 42.1 Å². The highest BCUT2D eigenvalue weighted by atomic mass is 16.5. The van der Waals surface area contributed by atoms with Gasteiger partial charge in [0.1, 0.15) is 5.75 Å². The van der Waals surface area contributed by atoms with Gasteiger partial charge in [-0.15, -0.1) is 0 Å². The normalized spacial score (nSPS) is 11.4. The number of hydrogen-bond acceptors (Lipinski definition) is 2. The van der Waals surface area contributed by atoms with Crippen LogP contribution in [0.15, 0.2) is 47.3 Å². The molecular formula is C20H27NO2. The molecule has 3 heteroatoms. The maximum absolute atomic E-state index is 12.3. The average molecular weight is 313 g/mol. The van der Waals surface area contributed by atoms with Crippen LogP contribution in [-0.2, 0) is 0 Å². The quantitative estimate of drug-likeness (QED) is 0.759. The third kappa shape index (κ3) is 4.85. The summed E-state index contributed by atoms with van der Waals surface area (Å²) in [6.07, 6.45) is 8.21. The Hall–Kier alpha value is -2.29. The Morgan fingerprint density at radius 2 is 2.00 bits per heavy atom. The van der Waals surface area contributed by atoms with Crippen LogP contribution in [0.25, 0.3) is 16.5 Å². The summed E-state index contributed by atoms with van der Waals surface area (Å²) < 4.78 is 5.22. The molecule has 1 heterocycles. The van der Waals surface area contributed by atoms with Gasteiger partial charge in [0, 0.05) is 23.2 Å². The van der Waals surface area contributed by atoms with Crippen molar-refractivity contribution in [1.29, 1.82) is 0 Å². The van der Waals surface area contributed by atoms with Crippen LogP contribution in [-0.4, -0.2) is 12.1 Å². The largest absolute Gasteiger partial charge is 0.497 e. The maximum Gasteiger partial charge on any atom is 0.190 e. The molecule has 23 heavy (non-hydrogen) atoms. The Kier molecular flexibility index (Phi) is 7.89. The van der Waals surface area contributed by atoms with Crippen molar-refractivity contribution in [3.63, 3.8) is 0 Å². The lowest BCUT2D eigenvalue weighted by Crippen LogP contribution is -2.04. The van der Waals surface area contributed by atoms with Gasteiger partial charge in [0.2, 0.25) is 0 Å². The molecule has 0 fully saturated rings. The lowest BCUT2D eigenvalue weighted by Gasteiger charge is -2.07. The van der Waals surface area contributed by atoms with Gasteiger partial charge >= 0.3 is 0 Å². The zero-order valence-electron chi connectivity index (χ0n) is 14.8. The molecule has 0 saturated carbocycles. The predicted molar refractivity (Wildman–Crippen MR) is 100 cm³/mol. The second-order valence-electron chi connectivity index (χ2n) is 4.91. The average Bonchev–Trinajstić information content (AvgIpc) is 2.59. The molecule has 0 unspecified atom stereocenters. The van der Waals surface area contributed by atoms with Crippen molar-refractivity contribution in [2.75, 3.05) is 7.11 Å². The molecular weight excluding hydrogens is 286 g/mol. The third-order valence-electron chi connectivity index (χ3n) is 3.35. The zero-order valence-corrected chi connectivity index (χ0v) is 14.8. The number of hydrogen-bond donors (Lipinski definition) is 1. The number of allylic oxidation sites excluding steroid dienone is 4. The number of aromatic amines is 1. The van der Waals surface area contributed by atoms with E-state index in [4.69, 9.17) is 4.74 Å². The van der Waals surface area contributed by atoms with E-state index in [1.54, 1.807) is 25.3 Å². The molecule has 0 radical (unpaired) electrons. The van der Waals surface area contributed by atoms with Gasteiger partial charge < -0.3 is 9.72 Å². The van der Waals surface area contributed by atoms with E-state index >= 15 is 0 Å². The summed E-state index contributed by atoms with van der Waals surface area (Å²) in [7, 11) is 1.62. The molecule has 0 spiro atoms. The van der Waals surface area contributed by atoms with Gasteiger partial charge in [-0.1, -0.05) is 45.4 Å². The van der Waals surface area contributed by atoms with Crippen LogP contribution in [0.3, 0.4) is 0 Å². The number of nitrogens with one attached hydrogen (secondary N) is 1. The first-order chi connectivity index (χ1) is 11.2. The predicted octanol–water partition coefficient (Wildman–Crippen LogP) is 5.32. The highest BCUT2D eigenvalue weighted by molar-refractivity contribution is 5.83. The smallest absolute Gasteiger partial charge is 0.190 e. The van der Waals surface area contributed by atoms with Crippen LogP contribution < -0.4 is 10.2 Å². The van der Waals surface area contributed by atoms with E-state index in [0.29, 0.717) is 5.39 Å². The van der Waals surface area contributed by atoms with E-state index in [0.717, 1.165) is 35.4 Å². The molecule has 124 valence electrons. The molecule has 2 aromatic rings. The Morgan fingerprint density at radius 3 is 2.61 bits per heavy atom. The van der Waals surface area contributed by atoms with E-state index < -0.39 is 0 Å². The highest BCUT2D eigenvalue weighted by Gasteiger charge is 2.05. The number of unbranched alkanes of at least 4 members (excludes halogenated alkanes) is 1. The molecule has 0 saturated heterocycles. The molecule has 0 amide bonds. The van der Waals surface area contributed by atoms with Crippen molar-refractivity contribution < 1.29 is 4.74 Å². The van der Waals surface area contributed by atoms with Crippen molar-refractivity contribution >= 4 is 16.5 Å². The number of rotatable bonds is 5. The Morgan fingerprint density at radius 1 is 1.26 bits per heavy atom. The summed E-state index contributed by atoms with van der Waals surface area (Å²) in [5.74, 6) is 0.737. The monoisotopic (exact) mass is 313 g/mol. The summed E-state index contributed by atoms with van der Waals surface area (Å²) in [4.78, 5) is 15.6. The van der Waals surface area contributed by atoms with Crippen molar-refractivity contribution in [2.45, 2.75) is 40.5 Å². The number of fused-ring (bicyclic) bond motifs is 1. The SMILES string of the molecule is C/C=C\C(=C/CCC)c1cc(=O)c2ccc(OC)cc2[nH]1.CC. The van der Waals surface area contributed by atoms with E-state index in [-0.39, 0.29) is 5.43 Å². The summed E-state index contributed by atoms with van der Waals surface area (Å²) in [5, 5.41) is 0.676. The van der Waals surface area contributed by atoms with Gasteiger partial charge in [-0.3, -0.25) is 4.79 Å². The van der Waals surface area contributed by atoms with Crippen LogP contribution >= 0.6 is 0 Å². The van der Waals surface area contributed by atoms with E-state index in [1.807, 2.05) is 39.0 Å². The molecule has 2 rings (SSSR count). The number of benzene rings is 1. The van der Waals surface area contributed by atoms with Crippen molar-refractivity contribution in [1.82, 2.24) is 4.98 Å². The lowest BCUT2D eigenvalue weighted by atomic mass is 10.1. The highest BCUT2D eigenvalue weighted by Crippen LogP contribution is 2.20. The molecule has 1 aromatic heterocycles. The van der Waals surface area contributed by atoms with Crippen LogP contribution in [0.5, 0.6) is 5.75 Å². The van der Waals surface area contributed by atoms with Gasteiger partial charge in [0.05, 0.1) is 12.6 Å². The number of pyridine rings is 1. The van der Waals surface area contributed by atoms with E-state index in [2.05, 4.69) is 18.0 Å². The fraction of sp³-hybridized carbons (Fsp3) is 0.350. The summed E-state index contributed by atoms with van der Waals surface area (Å²) in [6.45, 7) is 8.11. The molecule has 3 nitrogen and oxygen atoms in total. The van der Waals surface area contributed by atoms with E-state index in [9.17, 15) is 4.79 Å². The lowest BCUT2D eigenvalue weighted by molar-refractivity contribution is 0.415. The second kappa shape index (κ2) is 9.67.